The van der Waals surface area contributed by atoms with Crippen molar-refractivity contribution in [2.75, 3.05) is 13.2 Å². The van der Waals surface area contributed by atoms with Crippen LogP contribution in [0, 0.1) is 24.4 Å². The van der Waals surface area contributed by atoms with E-state index >= 15 is 0 Å². The van der Waals surface area contributed by atoms with Crippen molar-refractivity contribution in [1.82, 2.24) is 20.0 Å². The predicted molar refractivity (Wildman–Crippen MR) is 130 cm³/mol. The average molecular weight is 528 g/mol. The van der Waals surface area contributed by atoms with E-state index < -0.39 is 42.1 Å². The van der Waals surface area contributed by atoms with Gasteiger partial charge in [0.1, 0.15) is 42.1 Å². The number of halogens is 3. The van der Waals surface area contributed by atoms with Gasteiger partial charge in [-0.1, -0.05) is 6.07 Å². The summed E-state index contributed by atoms with van der Waals surface area (Å²) in [5.74, 6) is -1.99. The predicted octanol–water partition coefficient (Wildman–Crippen LogP) is 4.08. The first-order chi connectivity index (χ1) is 18.2. The summed E-state index contributed by atoms with van der Waals surface area (Å²) in [6, 6.07) is 11.1. The molecule has 2 aromatic heterocycles. The molecule has 4 rings (SSSR count). The Hall–Kier alpha value is -4.74. The number of hydrogen-bond donors (Lipinski definition) is 3. The second-order valence-corrected chi connectivity index (χ2v) is 8.22. The van der Waals surface area contributed by atoms with Crippen LogP contribution in [0.15, 0.2) is 60.8 Å². The molecule has 0 aliphatic rings. The molecule has 2 aromatic carbocycles. The normalized spacial score (nSPS) is 11.7. The van der Waals surface area contributed by atoms with Crippen molar-refractivity contribution >= 4 is 17.6 Å². The van der Waals surface area contributed by atoms with Crippen LogP contribution in [0.4, 0.5) is 18.0 Å². The number of nitrogens with one attached hydrogen (secondary N) is 2. The number of carbonyl (C=O) groups is 2. The summed E-state index contributed by atoms with van der Waals surface area (Å²) in [5, 5.41) is 13.9. The van der Waals surface area contributed by atoms with Gasteiger partial charge in [-0.3, -0.25) is 9.20 Å². The van der Waals surface area contributed by atoms with Crippen molar-refractivity contribution in [3.8, 4) is 11.5 Å². The van der Waals surface area contributed by atoms with E-state index in [1.807, 2.05) is 0 Å². The molecule has 1 unspecified atom stereocenters. The summed E-state index contributed by atoms with van der Waals surface area (Å²) in [5.41, 5.74) is 0.477. The number of benzene rings is 2. The van der Waals surface area contributed by atoms with Gasteiger partial charge in [-0.2, -0.15) is 0 Å². The lowest BCUT2D eigenvalue weighted by Gasteiger charge is -2.19. The Labute approximate surface area is 214 Å². The Balaban J connectivity index is 1.53. The molecular formula is C26H23F3N4O5. The highest BCUT2D eigenvalue weighted by Crippen LogP contribution is 2.24. The van der Waals surface area contributed by atoms with Crippen LogP contribution >= 0.6 is 0 Å². The Bertz CT molecular complexity index is 1440. The minimum absolute atomic E-state index is 0.115. The van der Waals surface area contributed by atoms with Crippen molar-refractivity contribution < 1.29 is 37.3 Å². The summed E-state index contributed by atoms with van der Waals surface area (Å²) in [4.78, 5) is 28.6. The number of rotatable bonds is 10. The number of nitrogens with zero attached hydrogens (tertiary/aromatic N) is 2. The summed E-state index contributed by atoms with van der Waals surface area (Å²) < 4.78 is 53.8. The lowest BCUT2D eigenvalue weighted by Crippen LogP contribution is -2.47. The maximum Gasteiger partial charge on any atom is 0.404 e. The maximum absolute atomic E-state index is 14.0. The van der Waals surface area contributed by atoms with Crippen molar-refractivity contribution in [1.29, 1.82) is 0 Å². The molecule has 0 aliphatic heterocycles. The highest BCUT2D eigenvalue weighted by molar-refractivity contribution is 5.95. The summed E-state index contributed by atoms with van der Waals surface area (Å²) in [6.45, 7) is 0.924. The van der Waals surface area contributed by atoms with Crippen molar-refractivity contribution in [3.63, 3.8) is 0 Å². The highest BCUT2D eigenvalue weighted by Gasteiger charge is 2.23. The molecule has 0 spiro atoms. The minimum Gasteiger partial charge on any atom is -0.491 e. The number of aryl methyl sites for hydroxylation is 1. The molecule has 0 aliphatic carbocycles. The first-order valence-electron chi connectivity index (χ1n) is 11.4. The number of hydrogen-bond acceptors (Lipinski definition) is 5. The van der Waals surface area contributed by atoms with E-state index in [9.17, 15) is 22.8 Å². The third-order valence-electron chi connectivity index (χ3n) is 5.54. The van der Waals surface area contributed by atoms with Crippen LogP contribution in [0.25, 0.3) is 5.65 Å². The van der Waals surface area contributed by atoms with E-state index in [2.05, 4.69) is 15.6 Å². The van der Waals surface area contributed by atoms with E-state index in [1.54, 1.807) is 25.3 Å². The van der Waals surface area contributed by atoms with E-state index in [-0.39, 0.29) is 35.8 Å². The molecule has 4 aromatic rings. The zero-order valence-electron chi connectivity index (χ0n) is 20.1. The number of ether oxygens (including phenoxy) is 2. The second kappa shape index (κ2) is 11.5. The van der Waals surface area contributed by atoms with Crippen LogP contribution < -0.4 is 20.1 Å². The van der Waals surface area contributed by atoms with Gasteiger partial charge in [-0.15, -0.1) is 0 Å². The fourth-order valence-corrected chi connectivity index (χ4v) is 3.71. The number of imidazole rings is 1. The molecule has 0 saturated heterocycles. The molecule has 0 saturated carbocycles. The number of carbonyl (C=O) groups excluding carboxylic acids is 1. The monoisotopic (exact) mass is 528 g/mol. The highest BCUT2D eigenvalue weighted by atomic mass is 19.1. The lowest BCUT2D eigenvalue weighted by atomic mass is 10.2. The molecule has 198 valence electrons. The SMILES string of the molecule is Cc1nc2c(OCc3c(F)cccc3F)cccn2c1C(=O)NC(CNC(=O)O)COc1ccc(F)cc1. The zero-order valence-corrected chi connectivity index (χ0v) is 20.1. The average Bonchev–Trinajstić information content (AvgIpc) is 3.22. The summed E-state index contributed by atoms with van der Waals surface area (Å²) in [7, 11) is 0. The van der Waals surface area contributed by atoms with Crippen LogP contribution in [-0.4, -0.2) is 45.7 Å². The molecule has 2 heterocycles. The van der Waals surface area contributed by atoms with Crippen molar-refractivity contribution in [3.05, 3.63) is 95.2 Å². The first kappa shape index (κ1) is 26.3. The van der Waals surface area contributed by atoms with E-state index in [0.717, 1.165) is 12.1 Å². The van der Waals surface area contributed by atoms with Crippen molar-refractivity contribution in [2.45, 2.75) is 19.6 Å². The van der Waals surface area contributed by atoms with Crippen LogP contribution in [0.2, 0.25) is 0 Å². The van der Waals surface area contributed by atoms with Gasteiger partial charge in [0, 0.05) is 12.7 Å². The van der Waals surface area contributed by atoms with Crippen LogP contribution in [0.5, 0.6) is 11.5 Å². The van der Waals surface area contributed by atoms with E-state index in [1.165, 1.54) is 34.7 Å². The fourth-order valence-electron chi connectivity index (χ4n) is 3.71. The van der Waals surface area contributed by atoms with Crippen LogP contribution in [-0.2, 0) is 6.61 Å². The zero-order chi connectivity index (χ0) is 27.2. The van der Waals surface area contributed by atoms with Crippen LogP contribution in [0.1, 0.15) is 21.7 Å². The number of fused-ring (bicyclic) bond motifs is 1. The van der Waals surface area contributed by atoms with Gasteiger partial charge >= 0.3 is 6.09 Å². The van der Waals surface area contributed by atoms with Gasteiger partial charge in [0.05, 0.1) is 17.3 Å². The van der Waals surface area contributed by atoms with Crippen LogP contribution in [0.3, 0.4) is 0 Å². The molecule has 38 heavy (non-hydrogen) atoms. The Kier molecular flexibility index (Phi) is 8.00. The van der Waals surface area contributed by atoms with Crippen molar-refractivity contribution in [2.24, 2.45) is 0 Å². The molecule has 1 atom stereocenters. The molecule has 2 amide bonds. The summed E-state index contributed by atoms with van der Waals surface area (Å²) in [6.07, 6.45) is 0.283. The molecule has 3 N–H and O–H groups in total. The Morgan fingerprint density at radius 1 is 1.03 bits per heavy atom. The third kappa shape index (κ3) is 6.14. The second-order valence-electron chi connectivity index (χ2n) is 8.22. The quantitative estimate of drug-likeness (QED) is 0.286. The molecule has 0 fully saturated rings. The van der Waals surface area contributed by atoms with Gasteiger partial charge < -0.3 is 25.2 Å². The molecule has 9 nitrogen and oxygen atoms in total. The first-order valence-corrected chi connectivity index (χ1v) is 11.4. The van der Waals surface area contributed by atoms with Gasteiger partial charge in [0.2, 0.25) is 0 Å². The Morgan fingerprint density at radius 3 is 2.42 bits per heavy atom. The topological polar surface area (TPSA) is 114 Å². The lowest BCUT2D eigenvalue weighted by molar-refractivity contribution is 0.0913. The smallest absolute Gasteiger partial charge is 0.404 e. The number of aromatic nitrogens is 2. The maximum atomic E-state index is 14.0. The number of pyridine rings is 1. The standard InChI is InChI=1S/C26H23F3N4O5/c1-15-23(25(34)32-17(12-30-26(35)36)13-37-18-9-7-16(27)8-10-18)33-11-3-6-22(24(33)31-15)38-14-19-20(28)4-2-5-21(19)29/h2-11,17,30H,12-14H2,1H3,(H,32,34)(H,35,36). The molecule has 0 radical (unpaired) electrons. The van der Waals surface area contributed by atoms with E-state index in [4.69, 9.17) is 14.6 Å². The minimum atomic E-state index is -1.29. The fraction of sp³-hybridized carbons (Fsp3) is 0.192. The Morgan fingerprint density at radius 2 is 1.74 bits per heavy atom. The van der Waals surface area contributed by atoms with Gasteiger partial charge in [-0.25, -0.2) is 22.9 Å². The molecular weight excluding hydrogens is 505 g/mol. The number of carboxylic acid groups (broad SMARTS) is 1. The summed E-state index contributed by atoms with van der Waals surface area (Å²) >= 11 is 0. The number of amides is 2. The molecule has 0 bridgehead atoms. The molecule has 12 heteroatoms. The largest absolute Gasteiger partial charge is 0.491 e. The van der Waals surface area contributed by atoms with E-state index in [0.29, 0.717) is 11.4 Å². The third-order valence-corrected chi connectivity index (χ3v) is 5.54. The van der Waals surface area contributed by atoms with Gasteiger partial charge in [-0.05, 0) is 55.5 Å². The van der Waals surface area contributed by atoms with Gasteiger partial charge in [0.25, 0.3) is 5.91 Å². The van der Waals surface area contributed by atoms with Gasteiger partial charge in [0.15, 0.2) is 11.4 Å².